The lowest BCUT2D eigenvalue weighted by atomic mass is 9.86. The molecule has 0 aliphatic carbocycles. The Balaban J connectivity index is 2.25. The van der Waals surface area contributed by atoms with Gasteiger partial charge in [-0.05, 0) is 19.9 Å². The van der Waals surface area contributed by atoms with Crippen LogP contribution in [0.5, 0.6) is 0 Å². The van der Waals surface area contributed by atoms with Crippen molar-refractivity contribution in [1.29, 1.82) is 0 Å². The zero-order valence-corrected chi connectivity index (χ0v) is 10.4. The smallest absolute Gasteiger partial charge is 0.315 e. The Bertz CT molecular complexity index is 376. The van der Waals surface area contributed by atoms with Crippen molar-refractivity contribution in [1.82, 2.24) is 0 Å². The lowest BCUT2D eigenvalue weighted by Gasteiger charge is -2.37. The summed E-state index contributed by atoms with van der Waals surface area (Å²) in [7, 11) is 0. The van der Waals surface area contributed by atoms with Crippen LogP contribution in [0.15, 0.2) is 24.3 Å². The highest BCUT2D eigenvalue weighted by Crippen LogP contribution is 2.36. The third-order valence-corrected chi connectivity index (χ3v) is 3.34. The Morgan fingerprint density at radius 1 is 1.06 bits per heavy atom. The van der Waals surface area contributed by atoms with Crippen LogP contribution in [0.3, 0.4) is 0 Å². The summed E-state index contributed by atoms with van der Waals surface area (Å²) in [5.74, 6) is -1.34. The van der Waals surface area contributed by atoms with Gasteiger partial charge in [-0.1, -0.05) is 18.2 Å². The average molecular weight is 254 g/mol. The van der Waals surface area contributed by atoms with Gasteiger partial charge in [-0.2, -0.15) is 0 Å². The normalized spacial score (nSPS) is 44.6. The first-order valence-corrected chi connectivity index (χ1v) is 6.08. The first-order valence-electron chi connectivity index (χ1n) is 6.08. The minimum Gasteiger partial charge on any atom is -0.455 e. The first-order chi connectivity index (χ1) is 8.60. The van der Waals surface area contributed by atoms with Crippen LogP contribution in [0.2, 0.25) is 0 Å². The molecule has 6 atom stereocenters. The van der Waals surface area contributed by atoms with Gasteiger partial charge in [0.25, 0.3) is 0 Å². The van der Waals surface area contributed by atoms with E-state index >= 15 is 0 Å². The van der Waals surface area contributed by atoms with Crippen molar-refractivity contribution in [3.8, 4) is 0 Å². The number of carbonyl (C=O) groups is 1. The van der Waals surface area contributed by atoms with E-state index in [0.29, 0.717) is 0 Å². The Morgan fingerprint density at radius 2 is 1.67 bits per heavy atom. The molecule has 2 aliphatic rings. The number of cyclic esters (lactones) is 1. The van der Waals surface area contributed by atoms with Crippen molar-refractivity contribution in [3.05, 3.63) is 24.3 Å². The Hall–Kier alpha value is -1.17. The van der Waals surface area contributed by atoms with Crippen LogP contribution < -0.4 is 0 Å². The molecule has 5 nitrogen and oxygen atoms in total. The van der Waals surface area contributed by atoms with Gasteiger partial charge in [0.05, 0.1) is 6.10 Å². The molecule has 0 unspecified atom stereocenters. The van der Waals surface area contributed by atoms with E-state index in [0.717, 1.165) is 0 Å². The van der Waals surface area contributed by atoms with Gasteiger partial charge in [-0.3, -0.25) is 4.79 Å². The second-order valence-corrected chi connectivity index (χ2v) is 4.53. The molecule has 2 rings (SSSR count). The average Bonchev–Trinajstić information content (AvgIpc) is 2.63. The third-order valence-electron chi connectivity index (χ3n) is 3.34. The molecule has 2 fully saturated rings. The molecule has 0 aromatic heterocycles. The maximum absolute atomic E-state index is 11.7. The van der Waals surface area contributed by atoms with Crippen LogP contribution in [0.1, 0.15) is 13.8 Å². The molecule has 2 heterocycles. The second-order valence-electron chi connectivity index (χ2n) is 4.53. The van der Waals surface area contributed by atoms with Crippen molar-refractivity contribution in [2.45, 2.75) is 44.4 Å². The summed E-state index contributed by atoms with van der Waals surface area (Å²) in [6, 6.07) is 0. The highest BCUT2D eigenvalue weighted by atomic mass is 16.6. The standard InChI is InChI=1S/C13H18O5/c1-3-5-7-10(14)11(15)9-12(17-7)8(6-4-2)18-13(9)16/h3-12,14-15H,1-2H3/b5-3+,6-4+/t7-,8-,9+,10-,11+,12+/m1/s1. The minimum atomic E-state index is -1.16. The summed E-state index contributed by atoms with van der Waals surface area (Å²) in [6.45, 7) is 3.62. The maximum Gasteiger partial charge on any atom is 0.315 e. The van der Waals surface area contributed by atoms with Gasteiger partial charge in [0.15, 0.2) is 0 Å². The molecule has 2 saturated heterocycles. The molecule has 18 heavy (non-hydrogen) atoms. The highest BCUT2D eigenvalue weighted by molar-refractivity contribution is 5.77. The van der Waals surface area contributed by atoms with Gasteiger partial charge < -0.3 is 19.7 Å². The molecule has 0 amide bonds. The number of rotatable bonds is 2. The summed E-state index contributed by atoms with van der Waals surface area (Å²) in [5.41, 5.74) is 0. The van der Waals surface area contributed by atoms with Gasteiger partial charge >= 0.3 is 5.97 Å². The van der Waals surface area contributed by atoms with Crippen LogP contribution in [-0.2, 0) is 14.3 Å². The number of esters is 1. The third kappa shape index (κ3) is 2.09. The maximum atomic E-state index is 11.7. The zero-order valence-electron chi connectivity index (χ0n) is 10.4. The number of fused-ring (bicyclic) bond motifs is 1. The number of aliphatic hydroxyl groups is 2. The fourth-order valence-corrected chi connectivity index (χ4v) is 2.47. The Labute approximate surface area is 106 Å². The van der Waals surface area contributed by atoms with E-state index in [9.17, 15) is 15.0 Å². The van der Waals surface area contributed by atoms with Gasteiger partial charge in [0, 0.05) is 0 Å². The number of aliphatic hydroxyl groups excluding tert-OH is 2. The van der Waals surface area contributed by atoms with E-state index in [4.69, 9.17) is 9.47 Å². The molecule has 0 radical (unpaired) electrons. The number of hydrogen-bond donors (Lipinski definition) is 2. The number of ether oxygens (including phenoxy) is 2. The molecular formula is C13H18O5. The van der Waals surface area contributed by atoms with Gasteiger partial charge in [0.1, 0.15) is 30.3 Å². The van der Waals surface area contributed by atoms with Crippen molar-refractivity contribution in [2.24, 2.45) is 5.92 Å². The quantitative estimate of drug-likeness (QED) is 0.542. The number of allylic oxidation sites excluding steroid dienone is 2. The lowest BCUT2D eigenvalue weighted by Crippen LogP contribution is -2.55. The minimum absolute atomic E-state index is 0.498. The largest absolute Gasteiger partial charge is 0.455 e. The summed E-state index contributed by atoms with van der Waals surface area (Å²) in [4.78, 5) is 11.7. The van der Waals surface area contributed by atoms with Crippen molar-refractivity contribution >= 4 is 5.97 Å². The van der Waals surface area contributed by atoms with Crippen LogP contribution >= 0.6 is 0 Å². The SMILES string of the molecule is C/C=C/[C@H]1O[C@@H]2[C@@H](C(=O)O[C@@H]2/C=C/C)[C@H](O)[C@@H]1O. The van der Waals surface area contributed by atoms with Crippen LogP contribution in [-0.4, -0.2) is 46.7 Å². The Kier molecular flexibility index (Phi) is 3.85. The van der Waals surface area contributed by atoms with Gasteiger partial charge in [0.2, 0.25) is 0 Å². The van der Waals surface area contributed by atoms with Crippen molar-refractivity contribution in [2.75, 3.05) is 0 Å². The molecule has 100 valence electrons. The molecule has 2 N–H and O–H groups in total. The molecule has 0 bridgehead atoms. The molecule has 5 heteroatoms. The van der Waals surface area contributed by atoms with Crippen LogP contribution in [0.4, 0.5) is 0 Å². The van der Waals surface area contributed by atoms with Crippen molar-refractivity contribution in [3.63, 3.8) is 0 Å². The molecule has 0 aromatic carbocycles. The predicted molar refractivity (Wildman–Crippen MR) is 63.7 cm³/mol. The van der Waals surface area contributed by atoms with Crippen molar-refractivity contribution < 1.29 is 24.5 Å². The first kappa shape index (κ1) is 13.3. The van der Waals surface area contributed by atoms with E-state index in [1.54, 1.807) is 31.2 Å². The molecule has 0 saturated carbocycles. The van der Waals surface area contributed by atoms with Crippen LogP contribution in [0, 0.1) is 5.92 Å². The lowest BCUT2D eigenvalue weighted by molar-refractivity contribution is -0.179. The Morgan fingerprint density at radius 3 is 2.28 bits per heavy atom. The van der Waals surface area contributed by atoms with E-state index < -0.39 is 42.4 Å². The fourth-order valence-electron chi connectivity index (χ4n) is 2.47. The van der Waals surface area contributed by atoms with E-state index in [1.807, 2.05) is 6.92 Å². The number of hydrogen-bond acceptors (Lipinski definition) is 5. The van der Waals surface area contributed by atoms with E-state index in [1.165, 1.54) is 0 Å². The summed E-state index contributed by atoms with van der Waals surface area (Å²) >= 11 is 0. The summed E-state index contributed by atoms with van der Waals surface area (Å²) < 4.78 is 10.8. The summed E-state index contributed by atoms with van der Waals surface area (Å²) in [5, 5.41) is 19.9. The van der Waals surface area contributed by atoms with Gasteiger partial charge in [-0.15, -0.1) is 0 Å². The monoisotopic (exact) mass is 254 g/mol. The van der Waals surface area contributed by atoms with Gasteiger partial charge in [-0.25, -0.2) is 0 Å². The van der Waals surface area contributed by atoms with E-state index in [-0.39, 0.29) is 0 Å². The summed E-state index contributed by atoms with van der Waals surface area (Å²) in [6.07, 6.45) is 2.96. The number of carbonyl (C=O) groups excluding carboxylic acids is 1. The molecular weight excluding hydrogens is 236 g/mol. The second kappa shape index (κ2) is 5.22. The van der Waals surface area contributed by atoms with E-state index in [2.05, 4.69) is 0 Å². The molecule has 0 spiro atoms. The zero-order chi connectivity index (χ0) is 13.3. The molecule has 2 aliphatic heterocycles. The highest BCUT2D eigenvalue weighted by Gasteiger charge is 2.55. The topological polar surface area (TPSA) is 76.0 Å². The van der Waals surface area contributed by atoms with Crippen LogP contribution in [0.25, 0.3) is 0 Å². The molecule has 0 aromatic rings. The predicted octanol–water partition coefficient (Wildman–Crippen LogP) is 0.169. The fraction of sp³-hybridized carbons (Fsp3) is 0.615.